The molecular weight excluding hydrogens is 208 g/mol. The third kappa shape index (κ3) is 2.10. The van der Waals surface area contributed by atoms with Gasteiger partial charge in [0, 0.05) is 0 Å². The lowest BCUT2D eigenvalue weighted by atomic mass is 11.5. The van der Waals surface area contributed by atoms with Crippen LogP contribution in [0, 0.1) is 0 Å². The van der Waals surface area contributed by atoms with Crippen molar-refractivity contribution in [1.29, 1.82) is 0 Å². The van der Waals surface area contributed by atoms with Crippen molar-refractivity contribution in [3.05, 3.63) is 0 Å². The van der Waals surface area contributed by atoms with Gasteiger partial charge in [-0.15, -0.1) is 10.0 Å². The summed E-state index contributed by atoms with van der Waals surface area (Å²) in [5, 5.41) is 0. The smallest absolute Gasteiger partial charge is 0.162 e. The predicted molar refractivity (Wildman–Crippen MR) is 41.0 cm³/mol. The summed E-state index contributed by atoms with van der Waals surface area (Å²) >= 11 is 10.3. The number of halogens is 5. The molecule has 0 radical (unpaired) electrons. The van der Waals surface area contributed by atoms with E-state index in [9.17, 15) is 13.2 Å². The molecule has 0 atom stereocenters. The molecule has 0 heterocycles. The Kier molecular flexibility index (Phi) is 3.21. The molecule has 0 N–H and O–H groups in total. The number of alkyl halides is 5. The Labute approximate surface area is 69.0 Å². The monoisotopic (exact) mass is 214 g/mol. The molecule has 10 heavy (non-hydrogen) atoms. The first-order chi connectivity index (χ1) is 4.19. The van der Waals surface area contributed by atoms with Crippen LogP contribution in [0.25, 0.3) is 0 Å². The van der Waals surface area contributed by atoms with E-state index in [-0.39, 0.29) is 0 Å². The van der Waals surface area contributed by atoms with E-state index in [0.29, 0.717) is 0 Å². The van der Waals surface area contributed by atoms with E-state index in [1.807, 2.05) is 0 Å². The Morgan fingerprint density at radius 1 is 1.20 bits per heavy atom. The first kappa shape index (κ1) is 10.7. The van der Waals surface area contributed by atoms with E-state index in [1.165, 1.54) is 0 Å². The normalized spacial score (nSPS) is 16.0. The summed E-state index contributed by atoms with van der Waals surface area (Å²) in [7, 11) is -2.88. The van der Waals surface area contributed by atoms with Crippen molar-refractivity contribution in [2.24, 2.45) is 0 Å². The van der Waals surface area contributed by atoms with Gasteiger partial charge in [0.1, 0.15) is 4.17 Å². The minimum atomic E-state index is -4.26. The zero-order valence-corrected chi connectivity index (χ0v) is 7.70. The second-order valence-electron chi connectivity index (χ2n) is 2.11. The largest absolute Gasteiger partial charge is 0.427 e. The molecule has 0 bridgehead atoms. The second kappa shape index (κ2) is 2.99. The molecule has 0 fully saturated rings. The molecule has 0 rings (SSSR count). The average Bonchev–Trinajstić information content (AvgIpc) is 1.62. The average molecular weight is 215 g/mol. The van der Waals surface area contributed by atoms with Crippen LogP contribution < -0.4 is 0 Å². The highest BCUT2D eigenvalue weighted by Gasteiger charge is 2.46. The highest BCUT2D eigenvalue weighted by Crippen LogP contribution is 2.62. The van der Waals surface area contributed by atoms with Crippen LogP contribution in [0.1, 0.15) is 0 Å². The summed E-state index contributed by atoms with van der Waals surface area (Å²) in [4.78, 5) is 0. The zero-order valence-electron chi connectivity index (χ0n) is 5.38. The van der Waals surface area contributed by atoms with Gasteiger partial charge in [-0.05, 0) is 12.5 Å². The first-order valence-corrected chi connectivity index (χ1v) is 5.65. The molecule has 0 aliphatic carbocycles. The van der Waals surface area contributed by atoms with Crippen molar-refractivity contribution in [2.75, 3.05) is 12.5 Å². The number of rotatable bonds is 1. The van der Waals surface area contributed by atoms with Crippen molar-refractivity contribution >= 4 is 33.2 Å². The highest BCUT2D eigenvalue weighted by atomic mass is 35.5. The molecule has 0 aromatic rings. The Morgan fingerprint density at radius 2 is 1.50 bits per heavy atom. The summed E-state index contributed by atoms with van der Waals surface area (Å²) in [6.45, 7) is 0. The van der Waals surface area contributed by atoms with Gasteiger partial charge in [0.15, 0.2) is 0 Å². The minimum absolute atomic E-state index is 1.04. The van der Waals surface area contributed by atoms with Gasteiger partial charge in [0.2, 0.25) is 0 Å². The van der Waals surface area contributed by atoms with Gasteiger partial charge in [-0.2, -0.15) is 13.2 Å². The van der Waals surface area contributed by atoms with Gasteiger partial charge in [0.25, 0.3) is 0 Å². The van der Waals surface area contributed by atoms with Gasteiger partial charge in [-0.1, -0.05) is 23.2 Å². The van der Waals surface area contributed by atoms with Crippen LogP contribution in [0.4, 0.5) is 13.2 Å². The van der Waals surface area contributed by atoms with E-state index in [1.54, 1.807) is 0 Å². The Bertz CT molecular complexity index is 120. The van der Waals surface area contributed by atoms with Crippen LogP contribution in [0.15, 0.2) is 0 Å². The fraction of sp³-hybridized carbons (Fsp3) is 1.00. The summed E-state index contributed by atoms with van der Waals surface area (Å²) in [5.74, 6) is 0. The molecule has 0 spiro atoms. The van der Waals surface area contributed by atoms with Gasteiger partial charge in [-0.25, -0.2) is 0 Å². The molecule has 0 aliphatic heterocycles. The van der Waals surface area contributed by atoms with Crippen LogP contribution in [0.2, 0.25) is 0 Å². The van der Waals surface area contributed by atoms with Gasteiger partial charge in [-0.3, -0.25) is 0 Å². The van der Waals surface area contributed by atoms with Crippen LogP contribution in [-0.4, -0.2) is 22.2 Å². The molecule has 0 amide bonds. The van der Waals surface area contributed by atoms with Crippen LogP contribution in [0.3, 0.4) is 0 Å². The third-order valence-corrected chi connectivity index (χ3v) is 5.80. The molecular formula is C4H7Cl2F3S. The lowest BCUT2D eigenvalue weighted by molar-refractivity contribution is -0.0373. The van der Waals surface area contributed by atoms with Crippen LogP contribution in [-0.2, 0) is 0 Å². The quantitative estimate of drug-likeness (QED) is 0.588. The third-order valence-electron chi connectivity index (χ3n) is 1.04. The Balaban J connectivity index is 4.40. The predicted octanol–water partition coefficient (Wildman–Crippen LogP) is 3.33. The fourth-order valence-corrected chi connectivity index (χ4v) is 0.909. The maximum Gasteiger partial charge on any atom is 0.427 e. The Hall–Kier alpha value is 0.720. The number of hydrogen-bond donors (Lipinski definition) is 0. The van der Waals surface area contributed by atoms with E-state index >= 15 is 0 Å². The standard InChI is InChI=1S/C4H7Cl2F3S/c1-10(2,3(5)6)4(7,8)9/h3H,1-2H3. The van der Waals surface area contributed by atoms with Crippen molar-refractivity contribution in [3.63, 3.8) is 0 Å². The Morgan fingerprint density at radius 3 is 1.50 bits per heavy atom. The van der Waals surface area contributed by atoms with E-state index < -0.39 is 19.7 Å². The minimum Gasteiger partial charge on any atom is -0.162 e. The maximum absolute atomic E-state index is 12.0. The second-order valence-corrected chi connectivity index (χ2v) is 7.47. The van der Waals surface area contributed by atoms with E-state index in [4.69, 9.17) is 23.2 Å². The maximum atomic E-state index is 12.0. The summed E-state index contributed by atoms with van der Waals surface area (Å²) < 4.78 is 34.5. The van der Waals surface area contributed by atoms with Crippen molar-refractivity contribution < 1.29 is 13.2 Å². The summed E-state index contributed by atoms with van der Waals surface area (Å²) in [6, 6.07) is 0. The van der Waals surface area contributed by atoms with Crippen LogP contribution >= 0.6 is 33.2 Å². The van der Waals surface area contributed by atoms with Gasteiger partial charge in [0.05, 0.1) is 0 Å². The molecule has 0 aromatic heterocycles. The summed E-state index contributed by atoms with van der Waals surface area (Å²) in [6.07, 6.45) is 2.08. The fourth-order valence-electron chi connectivity index (χ4n) is 0.101. The molecule has 0 unspecified atom stereocenters. The van der Waals surface area contributed by atoms with Crippen molar-refractivity contribution in [3.8, 4) is 0 Å². The molecule has 0 aliphatic rings. The van der Waals surface area contributed by atoms with Crippen LogP contribution in [0.5, 0.6) is 0 Å². The van der Waals surface area contributed by atoms with E-state index in [0.717, 1.165) is 12.5 Å². The van der Waals surface area contributed by atoms with Crippen molar-refractivity contribution in [2.45, 2.75) is 9.68 Å². The molecule has 64 valence electrons. The zero-order chi connectivity index (χ0) is 8.58. The van der Waals surface area contributed by atoms with Crippen molar-refractivity contribution in [1.82, 2.24) is 0 Å². The van der Waals surface area contributed by atoms with Gasteiger partial charge >= 0.3 is 5.51 Å². The first-order valence-electron chi connectivity index (χ1n) is 2.26. The summed E-state index contributed by atoms with van der Waals surface area (Å²) in [5.41, 5.74) is -4.26. The molecule has 0 saturated heterocycles. The molecule has 0 nitrogen and oxygen atoms in total. The highest BCUT2D eigenvalue weighted by molar-refractivity contribution is 8.35. The lowest BCUT2D eigenvalue weighted by Crippen LogP contribution is -2.22. The van der Waals surface area contributed by atoms with Gasteiger partial charge < -0.3 is 0 Å². The molecule has 6 heteroatoms. The SMILES string of the molecule is CS(C)(C(Cl)Cl)C(F)(F)F. The topological polar surface area (TPSA) is 0 Å². The van der Waals surface area contributed by atoms with E-state index in [2.05, 4.69) is 0 Å². The lowest BCUT2D eigenvalue weighted by Gasteiger charge is -2.34. The molecule has 0 saturated carbocycles. The molecule has 0 aromatic carbocycles. The number of hydrogen-bond acceptors (Lipinski definition) is 0.